The molecule has 3 rings (SSSR count). The summed E-state index contributed by atoms with van der Waals surface area (Å²) in [7, 11) is 0. The number of carbonyl (C=O) groups excluding carboxylic acids is 2. The third kappa shape index (κ3) is 2.45. The third-order valence-corrected chi connectivity index (χ3v) is 4.80. The van der Waals surface area contributed by atoms with Crippen LogP contribution in [0.25, 0.3) is 0 Å². The number of rotatable bonds is 2. The number of carbonyl (C=O) groups is 2. The van der Waals surface area contributed by atoms with Crippen molar-refractivity contribution in [1.82, 2.24) is 9.80 Å². The fraction of sp³-hybridized carbons (Fsp3) is 0.625. The second-order valence-electron chi connectivity index (χ2n) is 6.02. The third-order valence-electron chi connectivity index (χ3n) is 4.80. The predicted molar refractivity (Wildman–Crippen MR) is 77.8 cm³/mol. The molecule has 5 nitrogen and oxygen atoms in total. The predicted octanol–water partition coefficient (Wildman–Crippen LogP) is 2.29. The summed E-state index contributed by atoms with van der Waals surface area (Å²) in [6, 6.07) is 3.43. The Bertz CT molecular complexity index is 522. The molecule has 1 aromatic heterocycles. The first-order valence-corrected chi connectivity index (χ1v) is 7.79. The number of piperidine rings is 2. The molecule has 0 bridgehead atoms. The number of hydrogen-bond donors (Lipinski definition) is 0. The van der Waals surface area contributed by atoms with Gasteiger partial charge in [-0.05, 0) is 44.7 Å². The van der Waals surface area contributed by atoms with E-state index in [1.165, 1.54) is 6.26 Å². The highest BCUT2D eigenvalue weighted by Crippen LogP contribution is 2.36. The van der Waals surface area contributed by atoms with Gasteiger partial charge in [-0.1, -0.05) is 0 Å². The Morgan fingerprint density at radius 2 is 2.19 bits per heavy atom. The van der Waals surface area contributed by atoms with Crippen molar-refractivity contribution in [1.29, 1.82) is 0 Å². The number of amides is 2. The Morgan fingerprint density at radius 3 is 2.90 bits per heavy atom. The van der Waals surface area contributed by atoms with Crippen LogP contribution in [0.15, 0.2) is 22.8 Å². The number of nitrogens with zero attached hydrogens (tertiary/aromatic N) is 2. The molecule has 0 radical (unpaired) electrons. The van der Waals surface area contributed by atoms with Crippen LogP contribution in [-0.4, -0.2) is 46.8 Å². The van der Waals surface area contributed by atoms with E-state index < -0.39 is 0 Å². The average molecular weight is 290 g/mol. The highest BCUT2D eigenvalue weighted by molar-refractivity contribution is 5.91. The van der Waals surface area contributed by atoms with E-state index in [1.807, 2.05) is 16.7 Å². The molecule has 1 aromatic rings. The second-order valence-corrected chi connectivity index (χ2v) is 6.02. The van der Waals surface area contributed by atoms with Crippen LogP contribution in [0.3, 0.4) is 0 Å². The molecule has 0 saturated carbocycles. The van der Waals surface area contributed by atoms with Crippen LogP contribution in [0.2, 0.25) is 0 Å². The Labute approximate surface area is 124 Å². The molecule has 5 heteroatoms. The lowest BCUT2D eigenvalue weighted by Crippen LogP contribution is -2.63. The zero-order valence-electron chi connectivity index (χ0n) is 12.5. The first-order chi connectivity index (χ1) is 10.2. The Kier molecular flexibility index (Phi) is 3.74. The Balaban J connectivity index is 1.81. The highest BCUT2D eigenvalue weighted by Gasteiger charge is 2.45. The Morgan fingerprint density at radius 1 is 1.38 bits per heavy atom. The van der Waals surface area contributed by atoms with Crippen molar-refractivity contribution in [3.8, 4) is 0 Å². The number of hydrogen-bond acceptors (Lipinski definition) is 3. The highest BCUT2D eigenvalue weighted by atomic mass is 16.3. The molecule has 1 spiro atoms. The van der Waals surface area contributed by atoms with Gasteiger partial charge < -0.3 is 14.2 Å². The van der Waals surface area contributed by atoms with Gasteiger partial charge in [0.1, 0.15) is 0 Å². The van der Waals surface area contributed by atoms with Gasteiger partial charge in [-0.2, -0.15) is 0 Å². The van der Waals surface area contributed by atoms with Crippen molar-refractivity contribution in [3.05, 3.63) is 24.2 Å². The molecular formula is C16H22N2O3. The maximum atomic E-state index is 12.5. The van der Waals surface area contributed by atoms with Gasteiger partial charge in [-0.25, -0.2) is 0 Å². The van der Waals surface area contributed by atoms with Gasteiger partial charge in [0.25, 0.3) is 5.91 Å². The van der Waals surface area contributed by atoms with Crippen LogP contribution in [0.5, 0.6) is 0 Å². The zero-order chi connectivity index (χ0) is 14.9. The van der Waals surface area contributed by atoms with Gasteiger partial charge in [0.15, 0.2) is 5.76 Å². The minimum absolute atomic E-state index is 0.0619. The van der Waals surface area contributed by atoms with Crippen molar-refractivity contribution in [3.63, 3.8) is 0 Å². The molecule has 0 aliphatic carbocycles. The molecule has 0 N–H and O–H groups in total. The molecular weight excluding hydrogens is 268 g/mol. The molecule has 2 amide bonds. The standard InChI is InChI=1S/C16H22N2O3/c1-2-18-14(19)7-3-8-16(18)9-5-10-17(12-16)15(20)13-6-4-11-21-13/h4,6,11H,2-3,5,7-10,12H2,1H3/t16-/m0/s1. The van der Waals surface area contributed by atoms with Crippen LogP contribution >= 0.6 is 0 Å². The normalized spacial score (nSPS) is 26.4. The lowest BCUT2D eigenvalue weighted by molar-refractivity contribution is -0.144. The summed E-state index contributed by atoms with van der Waals surface area (Å²) in [5, 5.41) is 0. The number of likely N-dealkylation sites (tertiary alicyclic amines) is 2. The first kappa shape index (κ1) is 14.2. The monoisotopic (exact) mass is 290 g/mol. The van der Waals surface area contributed by atoms with Crippen molar-refractivity contribution < 1.29 is 14.0 Å². The molecule has 2 aliphatic rings. The second kappa shape index (κ2) is 5.54. The van der Waals surface area contributed by atoms with Crippen molar-refractivity contribution >= 4 is 11.8 Å². The lowest BCUT2D eigenvalue weighted by atomic mass is 9.79. The molecule has 2 fully saturated rings. The van der Waals surface area contributed by atoms with Gasteiger partial charge in [0, 0.05) is 26.1 Å². The van der Waals surface area contributed by atoms with Crippen molar-refractivity contribution in [2.45, 2.75) is 44.6 Å². The molecule has 2 aliphatic heterocycles. The van der Waals surface area contributed by atoms with E-state index in [0.29, 0.717) is 18.7 Å². The van der Waals surface area contributed by atoms with Crippen molar-refractivity contribution in [2.75, 3.05) is 19.6 Å². The van der Waals surface area contributed by atoms with E-state index in [-0.39, 0.29) is 17.4 Å². The Hall–Kier alpha value is -1.78. The van der Waals surface area contributed by atoms with Gasteiger partial charge >= 0.3 is 0 Å². The maximum absolute atomic E-state index is 12.5. The van der Waals surface area contributed by atoms with Crippen LogP contribution in [0.4, 0.5) is 0 Å². The summed E-state index contributed by atoms with van der Waals surface area (Å²) in [5.74, 6) is 0.557. The van der Waals surface area contributed by atoms with Gasteiger partial charge in [-0.15, -0.1) is 0 Å². The van der Waals surface area contributed by atoms with E-state index in [1.54, 1.807) is 12.1 Å². The van der Waals surface area contributed by atoms with E-state index in [0.717, 1.165) is 38.8 Å². The minimum Gasteiger partial charge on any atom is -0.459 e. The summed E-state index contributed by atoms with van der Waals surface area (Å²) in [6.45, 7) is 4.12. The van der Waals surface area contributed by atoms with Crippen LogP contribution in [-0.2, 0) is 4.79 Å². The first-order valence-electron chi connectivity index (χ1n) is 7.79. The molecule has 0 aromatic carbocycles. The smallest absolute Gasteiger partial charge is 0.289 e. The average Bonchev–Trinajstić information content (AvgIpc) is 3.01. The zero-order valence-corrected chi connectivity index (χ0v) is 12.5. The SMILES string of the molecule is CCN1C(=O)CCC[C@@]12CCCN(C(=O)c1ccco1)C2. The molecule has 114 valence electrons. The minimum atomic E-state index is -0.162. The summed E-state index contributed by atoms with van der Waals surface area (Å²) < 4.78 is 5.23. The molecule has 3 heterocycles. The quantitative estimate of drug-likeness (QED) is 0.839. The van der Waals surface area contributed by atoms with Crippen LogP contribution in [0, 0.1) is 0 Å². The van der Waals surface area contributed by atoms with Gasteiger partial charge in [0.2, 0.25) is 5.91 Å². The number of likely N-dealkylation sites (N-methyl/N-ethyl adjacent to an activating group) is 1. The van der Waals surface area contributed by atoms with E-state index in [9.17, 15) is 9.59 Å². The summed E-state index contributed by atoms with van der Waals surface area (Å²) in [4.78, 5) is 28.5. The molecule has 21 heavy (non-hydrogen) atoms. The topological polar surface area (TPSA) is 53.8 Å². The van der Waals surface area contributed by atoms with Crippen LogP contribution < -0.4 is 0 Å². The lowest BCUT2D eigenvalue weighted by Gasteiger charge is -2.51. The van der Waals surface area contributed by atoms with E-state index >= 15 is 0 Å². The molecule has 0 unspecified atom stereocenters. The fourth-order valence-corrected chi connectivity index (χ4v) is 3.88. The van der Waals surface area contributed by atoms with E-state index in [2.05, 4.69) is 0 Å². The van der Waals surface area contributed by atoms with Gasteiger partial charge in [-0.3, -0.25) is 9.59 Å². The van der Waals surface area contributed by atoms with E-state index in [4.69, 9.17) is 4.42 Å². The van der Waals surface area contributed by atoms with Gasteiger partial charge in [0.05, 0.1) is 11.8 Å². The summed E-state index contributed by atoms with van der Waals surface area (Å²) in [5.41, 5.74) is -0.162. The van der Waals surface area contributed by atoms with Crippen molar-refractivity contribution in [2.24, 2.45) is 0 Å². The fourth-order valence-electron chi connectivity index (χ4n) is 3.88. The summed E-state index contributed by atoms with van der Waals surface area (Å²) in [6.07, 6.45) is 6.02. The number of furan rings is 1. The largest absolute Gasteiger partial charge is 0.459 e. The van der Waals surface area contributed by atoms with Crippen LogP contribution in [0.1, 0.15) is 49.6 Å². The molecule has 1 atom stereocenters. The maximum Gasteiger partial charge on any atom is 0.289 e. The molecule has 2 saturated heterocycles. The summed E-state index contributed by atoms with van der Waals surface area (Å²) >= 11 is 0.